The van der Waals surface area contributed by atoms with Crippen LogP contribution in [0.3, 0.4) is 0 Å². The average Bonchev–Trinajstić information content (AvgIpc) is 2.81. The lowest BCUT2D eigenvalue weighted by atomic mass is 10.1. The lowest BCUT2D eigenvalue weighted by Crippen LogP contribution is -2.45. The van der Waals surface area contributed by atoms with Crippen molar-refractivity contribution >= 4 is 12.0 Å². The minimum absolute atomic E-state index is 0.00197. The van der Waals surface area contributed by atoms with Crippen molar-refractivity contribution in [1.29, 1.82) is 0 Å². The molecule has 2 amide bonds. The van der Waals surface area contributed by atoms with Gasteiger partial charge in [-0.2, -0.15) is 0 Å². The van der Waals surface area contributed by atoms with E-state index in [2.05, 4.69) is 5.32 Å². The Labute approximate surface area is 107 Å². The number of carbonyl (C=O) groups is 2. The summed E-state index contributed by atoms with van der Waals surface area (Å²) >= 11 is 0. The third-order valence-electron chi connectivity index (χ3n) is 3.30. The maximum absolute atomic E-state index is 11.8. The van der Waals surface area contributed by atoms with E-state index in [0.717, 1.165) is 12.8 Å². The topological polar surface area (TPSA) is 89.9 Å². The van der Waals surface area contributed by atoms with Crippen LogP contribution in [0.4, 0.5) is 4.79 Å². The summed E-state index contributed by atoms with van der Waals surface area (Å²) in [4.78, 5) is 23.9. The molecule has 0 aliphatic carbocycles. The number of rotatable bonds is 6. The number of urea groups is 1. The molecule has 0 aromatic heterocycles. The van der Waals surface area contributed by atoms with Crippen molar-refractivity contribution in [3.8, 4) is 0 Å². The second kappa shape index (κ2) is 7.20. The van der Waals surface area contributed by atoms with Gasteiger partial charge in [-0.25, -0.2) is 4.79 Å². The Hall–Kier alpha value is -1.30. The smallest absolute Gasteiger partial charge is 0.317 e. The normalized spacial score (nSPS) is 20.8. The highest BCUT2D eigenvalue weighted by molar-refractivity contribution is 5.74. The maximum atomic E-state index is 11.8. The molecular formula is C12H22N2O4. The predicted octanol–water partition coefficient (Wildman–Crippen LogP) is 0.654. The van der Waals surface area contributed by atoms with Crippen LogP contribution < -0.4 is 5.32 Å². The minimum atomic E-state index is -0.812. The molecule has 0 aromatic rings. The van der Waals surface area contributed by atoms with E-state index in [1.54, 1.807) is 4.90 Å². The highest BCUT2D eigenvalue weighted by Crippen LogP contribution is 2.16. The molecule has 104 valence electrons. The highest BCUT2D eigenvalue weighted by atomic mass is 16.4. The number of carboxylic acid groups (broad SMARTS) is 1. The second-order valence-electron chi connectivity index (χ2n) is 4.90. The van der Waals surface area contributed by atoms with Gasteiger partial charge in [0.1, 0.15) is 0 Å². The van der Waals surface area contributed by atoms with Gasteiger partial charge in [-0.05, 0) is 25.2 Å². The number of likely N-dealkylation sites (tertiary alicyclic amines) is 1. The van der Waals surface area contributed by atoms with E-state index >= 15 is 0 Å². The van der Waals surface area contributed by atoms with Gasteiger partial charge in [0.25, 0.3) is 0 Å². The molecule has 3 N–H and O–H groups in total. The quantitative estimate of drug-likeness (QED) is 0.652. The molecule has 1 saturated heterocycles. The van der Waals surface area contributed by atoms with Crippen molar-refractivity contribution in [2.45, 2.75) is 38.6 Å². The Morgan fingerprint density at radius 2 is 2.22 bits per heavy atom. The molecule has 0 aromatic carbocycles. The van der Waals surface area contributed by atoms with Gasteiger partial charge < -0.3 is 20.4 Å². The lowest BCUT2D eigenvalue weighted by molar-refractivity contribution is -0.137. The van der Waals surface area contributed by atoms with Gasteiger partial charge in [-0.3, -0.25) is 4.79 Å². The number of hydrogen-bond donors (Lipinski definition) is 3. The molecule has 1 rings (SSSR count). The maximum Gasteiger partial charge on any atom is 0.317 e. The molecule has 2 unspecified atom stereocenters. The number of hydrogen-bond acceptors (Lipinski definition) is 3. The van der Waals surface area contributed by atoms with Crippen LogP contribution in [0.1, 0.15) is 32.6 Å². The van der Waals surface area contributed by atoms with E-state index in [-0.39, 0.29) is 31.0 Å². The third-order valence-corrected chi connectivity index (χ3v) is 3.30. The average molecular weight is 258 g/mol. The lowest BCUT2D eigenvalue weighted by Gasteiger charge is -2.24. The van der Waals surface area contributed by atoms with Crippen LogP contribution in [-0.4, -0.2) is 52.9 Å². The Kier molecular flexibility index (Phi) is 5.91. The molecule has 0 spiro atoms. The van der Waals surface area contributed by atoms with Crippen molar-refractivity contribution in [1.82, 2.24) is 10.2 Å². The van der Waals surface area contributed by atoms with Gasteiger partial charge >= 0.3 is 12.0 Å². The van der Waals surface area contributed by atoms with Crippen LogP contribution in [0, 0.1) is 5.92 Å². The summed E-state index contributed by atoms with van der Waals surface area (Å²) < 4.78 is 0. The fraction of sp³-hybridized carbons (Fsp3) is 0.833. The van der Waals surface area contributed by atoms with E-state index < -0.39 is 5.97 Å². The number of aliphatic hydroxyl groups is 1. The van der Waals surface area contributed by atoms with Crippen molar-refractivity contribution < 1.29 is 19.8 Å². The first kappa shape index (κ1) is 14.8. The molecule has 1 heterocycles. The third kappa shape index (κ3) is 4.52. The largest absolute Gasteiger partial charge is 0.481 e. The summed E-state index contributed by atoms with van der Waals surface area (Å²) in [5.41, 5.74) is 0. The molecule has 0 bridgehead atoms. The summed E-state index contributed by atoms with van der Waals surface area (Å²) in [7, 11) is 0. The zero-order chi connectivity index (χ0) is 13.5. The van der Waals surface area contributed by atoms with Crippen molar-refractivity contribution in [2.24, 2.45) is 5.92 Å². The summed E-state index contributed by atoms with van der Waals surface area (Å²) in [6, 6.07) is -0.229. The van der Waals surface area contributed by atoms with Crippen molar-refractivity contribution in [3.05, 3.63) is 0 Å². The van der Waals surface area contributed by atoms with Crippen LogP contribution in [0.2, 0.25) is 0 Å². The van der Waals surface area contributed by atoms with Gasteiger partial charge in [0.15, 0.2) is 0 Å². The van der Waals surface area contributed by atoms with Crippen LogP contribution >= 0.6 is 0 Å². The summed E-state index contributed by atoms with van der Waals surface area (Å²) in [5, 5.41) is 20.5. The molecule has 6 nitrogen and oxygen atoms in total. The number of aliphatic hydroxyl groups excluding tert-OH is 1. The van der Waals surface area contributed by atoms with Gasteiger partial charge in [0.2, 0.25) is 0 Å². The van der Waals surface area contributed by atoms with E-state index in [1.807, 2.05) is 6.92 Å². The van der Waals surface area contributed by atoms with Crippen LogP contribution in [-0.2, 0) is 4.79 Å². The number of carbonyl (C=O) groups excluding carboxylic acids is 1. The van der Waals surface area contributed by atoms with Crippen molar-refractivity contribution in [2.75, 3.05) is 19.7 Å². The number of nitrogens with one attached hydrogen (secondary N) is 1. The van der Waals surface area contributed by atoms with E-state index in [0.29, 0.717) is 19.5 Å². The molecule has 18 heavy (non-hydrogen) atoms. The number of nitrogens with zero attached hydrogens (tertiary/aromatic N) is 1. The Morgan fingerprint density at radius 1 is 1.50 bits per heavy atom. The van der Waals surface area contributed by atoms with Crippen LogP contribution in [0.15, 0.2) is 0 Å². The fourth-order valence-electron chi connectivity index (χ4n) is 2.13. The predicted molar refractivity (Wildman–Crippen MR) is 66.2 cm³/mol. The monoisotopic (exact) mass is 258 g/mol. The van der Waals surface area contributed by atoms with Gasteiger partial charge in [-0.1, -0.05) is 6.92 Å². The molecule has 1 aliphatic rings. The van der Waals surface area contributed by atoms with Crippen molar-refractivity contribution in [3.63, 3.8) is 0 Å². The fourth-order valence-corrected chi connectivity index (χ4v) is 2.13. The molecule has 0 radical (unpaired) electrons. The van der Waals surface area contributed by atoms with Gasteiger partial charge in [-0.15, -0.1) is 0 Å². The first-order chi connectivity index (χ1) is 8.54. The molecule has 1 fully saturated rings. The summed E-state index contributed by atoms with van der Waals surface area (Å²) in [5.74, 6) is -0.673. The van der Waals surface area contributed by atoms with Gasteiger partial charge in [0.05, 0.1) is 12.6 Å². The molecule has 1 aliphatic heterocycles. The number of aliphatic carboxylic acids is 1. The van der Waals surface area contributed by atoms with E-state index in [9.17, 15) is 9.59 Å². The first-order valence-corrected chi connectivity index (χ1v) is 6.41. The molecule has 0 saturated carbocycles. The van der Waals surface area contributed by atoms with E-state index in [1.165, 1.54) is 0 Å². The molecule has 2 atom stereocenters. The van der Waals surface area contributed by atoms with E-state index in [4.69, 9.17) is 10.2 Å². The SMILES string of the molecule is CC(CCC(=O)O)CNC(=O)N1CCCC1CO. The van der Waals surface area contributed by atoms with Crippen LogP contribution in [0.25, 0.3) is 0 Å². The molecular weight excluding hydrogens is 236 g/mol. The first-order valence-electron chi connectivity index (χ1n) is 6.41. The Bertz CT molecular complexity index is 296. The Balaban J connectivity index is 2.25. The Morgan fingerprint density at radius 3 is 2.83 bits per heavy atom. The zero-order valence-corrected chi connectivity index (χ0v) is 10.8. The van der Waals surface area contributed by atoms with Crippen LogP contribution in [0.5, 0.6) is 0 Å². The molecule has 6 heteroatoms. The second-order valence-corrected chi connectivity index (χ2v) is 4.90. The van der Waals surface area contributed by atoms with Gasteiger partial charge in [0, 0.05) is 19.5 Å². The minimum Gasteiger partial charge on any atom is -0.481 e. The standard InChI is InChI=1S/C12H22N2O4/c1-9(4-5-11(16)17)7-13-12(18)14-6-2-3-10(14)8-15/h9-10,15H,2-8H2,1H3,(H,13,18)(H,16,17). The summed E-state index contributed by atoms with van der Waals surface area (Å²) in [6.45, 7) is 3.07. The highest BCUT2D eigenvalue weighted by Gasteiger charge is 2.27. The number of carboxylic acids is 1. The number of amides is 2. The summed E-state index contributed by atoms with van der Waals surface area (Å²) in [6.07, 6.45) is 2.45. The zero-order valence-electron chi connectivity index (χ0n) is 10.8.